The van der Waals surface area contributed by atoms with Gasteiger partial charge in [-0.3, -0.25) is 4.79 Å². The van der Waals surface area contributed by atoms with E-state index in [0.717, 1.165) is 5.57 Å². The van der Waals surface area contributed by atoms with Gasteiger partial charge in [0.2, 0.25) is 0 Å². The van der Waals surface area contributed by atoms with Crippen molar-refractivity contribution in [3.05, 3.63) is 23.8 Å². The second-order valence-corrected chi connectivity index (χ2v) is 3.14. The first-order valence-electron chi connectivity index (χ1n) is 4.21. The van der Waals surface area contributed by atoms with Gasteiger partial charge in [-0.1, -0.05) is 23.8 Å². The third kappa shape index (κ3) is 6.11. The fraction of sp³-hybridized carbons (Fsp3) is 0.500. The Hall–Kier alpha value is -1.09. The lowest BCUT2D eigenvalue weighted by atomic mass is 10.1. The van der Waals surface area contributed by atoms with Crippen LogP contribution in [0.3, 0.4) is 0 Å². The Labute approximate surface area is 78.4 Å². The molecule has 3 heteroatoms. The van der Waals surface area contributed by atoms with E-state index in [4.69, 9.17) is 10.2 Å². The maximum absolute atomic E-state index is 10.4. The maximum atomic E-state index is 10.4. The Kier molecular flexibility index (Phi) is 5.07. The van der Waals surface area contributed by atoms with Crippen LogP contribution in [0.5, 0.6) is 0 Å². The zero-order chi connectivity index (χ0) is 10.4. The van der Waals surface area contributed by atoms with Gasteiger partial charge in [-0.15, -0.1) is 0 Å². The number of rotatable bonds is 4. The number of carboxylic acids is 1. The van der Waals surface area contributed by atoms with Crippen molar-refractivity contribution in [1.29, 1.82) is 0 Å². The van der Waals surface area contributed by atoms with Crippen LogP contribution in [0.4, 0.5) is 0 Å². The number of hydrogen-bond acceptors (Lipinski definition) is 2. The highest BCUT2D eigenvalue weighted by molar-refractivity contribution is 5.71. The summed E-state index contributed by atoms with van der Waals surface area (Å²) in [7, 11) is 0. The van der Waals surface area contributed by atoms with Gasteiger partial charge >= 0.3 is 5.97 Å². The molecule has 0 aromatic heterocycles. The lowest BCUT2D eigenvalue weighted by Gasteiger charge is -1.99. The van der Waals surface area contributed by atoms with Crippen molar-refractivity contribution in [2.45, 2.75) is 26.9 Å². The second-order valence-electron chi connectivity index (χ2n) is 3.14. The van der Waals surface area contributed by atoms with Crippen LogP contribution >= 0.6 is 0 Å². The normalized spacial score (nSPS) is 17.4. The number of allylic oxidation sites excluding steroid dienone is 2. The fourth-order valence-electron chi connectivity index (χ4n) is 0.814. The molecule has 0 aliphatic carbocycles. The number of carbonyl (C=O) groups is 1. The molecule has 0 bridgehead atoms. The molecule has 0 saturated carbocycles. The molecule has 0 spiro atoms. The first-order valence-corrected chi connectivity index (χ1v) is 4.21. The molecule has 0 fully saturated rings. The summed E-state index contributed by atoms with van der Waals surface area (Å²) in [6, 6.07) is 0. The van der Waals surface area contributed by atoms with Gasteiger partial charge in [-0.05, 0) is 20.8 Å². The minimum absolute atomic E-state index is 0.489. The molecule has 2 atom stereocenters. The molecule has 0 radical (unpaired) electrons. The van der Waals surface area contributed by atoms with Crippen molar-refractivity contribution < 1.29 is 15.0 Å². The number of aliphatic hydroxyl groups is 1. The van der Waals surface area contributed by atoms with E-state index in [1.807, 2.05) is 6.92 Å². The molecular weight excluding hydrogens is 168 g/mol. The van der Waals surface area contributed by atoms with Crippen molar-refractivity contribution in [1.82, 2.24) is 0 Å². The van der Waals surface area contributed by atoms with E-state index in [0.29, 0.717) is 0 Å². The molecule has 2 unspecified atom stereocenters. The molecule has 0 saturated heterocycles. The third-order valence-electron chi connectivity index (χ3n) is 1.54. The Morgan fingerprint density at radius 3 is 2.31 bits per heavy atom. The van der Waals surface area contributed by atoms with Gasteiger partial charge in [0, 0.05) is 0 Å². The molecule has 3 nitrogen and oxygen atoms in total. The zero-order valence-electron chi connectivity index (χ0n) is 8.19. The monoisotopic (exact) mass is 184 g/mol. The van der Waals surface area contributed by atoms with Crippen LogP contribution in [-0.2, 0) is 4.79 Å². The van der Waals surface area contributed by atoms with Gasteiger partial charge < -0.3 is 10.2 Å². The van der Waals surface area contributed by atoms with Gasteiger partial charge in [-0.25, -0.2) is 0 Å². The zero-order valence-corrected chi connectivity index (χ0v) is 8.19. The minimum Gasteiger partial charge on any atom is -0.481 e. The molecule has 13 heavy (non-hydrogen) atoms. The molecule has 0 aliphatic heterocycles. The van der Waals surface area contributed by atoms with E-state index in [-0.39, 0.29) is 0 Å². The maximum Gasteiger partial charge on any atom is 0.310 e. The van der Waals surface area contributed by atoms with Crippen LogP contribution in [-0.4, -0.2) is 22.3 Å². The van der Waals surface area contributed by atoms with Gasteiger partial charge in [0.1, 0.15) is 0 Å². The first kappa shape index (κ1) is 11.9. The molecule has 2 N–H and O–H groups in total. The molecule has 0 amide bonds. The Bertz CT molecular complexity index is 226. The highest BCUT2D eigenvalue weighted by Gasteiger charge is 2.04. The summed E-state index contributed by atoms with van der Waals surface area (Å²) in [4.78, 5) is 10.4. The van der Waals surface area contributed by atoms with E-state index < -0.39 is 18.0 Å². The van der Waals surface area contributed by atoms with Gasteiger partial charge in [-0.2, -0.15) is 0 Å². The summed E-state index contributed by atoms with van der Waals surface area (Å²) in [5.41, 5.74) is 0.864. The van der Waals surface area contributed by atoms with Gasteiger partial charge in [0.15, 0.2) is 0 Å². The summed E-state index contributed by atoms with van der Waals surface area (Å²) < 4.78 is 0. The van der Waals surface area contributed by atoms with Crippen molar-refractivity contribution in [3.63, 3.8) is 0 Å². The molecule has 0 aliphatic rings. The van der Waals surface area contributed by atoms with Crippen LogP contribution in [0.2, 0.25) is 0 Å². The Morgan fingerprint density at radius 1 is 1.38 bits per heavy atom. The van der Waals surface area contributed by atoms with E-state index >= 15 is 0 Å². The van der Waals surface area contributed by atoms with Gasteiger partial charge in [0.05, 0.1) is 12.0 Å². The van der Waals surface area contributed by atoms with Crippen LogP contribution in [0.1, 0.15) is 20.8 Å². The third-order valence-corrected chi connectivity index (χ3v) is 1.54. The summed E-state index contributed by atoms with van der Waals surface area (Å²) in [5.74, 6) is -1.33. The smallest absolute Gasteiger partial charge is 0.310 e. The molecule has 0 aromatic carbocycles. The number of aliphatic hydroxyl groups excluding tert-OH is 1. The molecule has 74 valence electrons. The van der Waals surface area contributed by atoms with E-state index in [2.05, 4.69) is 0 Å². The minimum atomic E-state index is -0.846. The number of hydrogen-bond donors (Lipinski definition) is 2. The average molecular weight is 184 g/mol. The highest BCUT2D eigenvalue weighted by atomic mass is 16.4. The van der Waals surface area contributed by atoms with E-state index in [9.17, 15) is 4.79 Å². The van der Waals surface area contributed by atoms with Crippen molar-refractivity contribution >= 4 is 5.97 Å². The SMILES string of the molecule is CC(/C=C\C(C)C(=O)O)=C/C(C)O. The van der Waals surface area contributed by atoms with Crippen LogP contribution < -0.4 is 0 Å². The first-order chi connectivity index (χ1) is 5.93. The standard InChI is InChI=1S/C10H16O3/c1-7(6-9(3)11)4-5-8(2)10(12)13/h4-6,8-9,11H,1-3H3,(H,12,13)/b5-4-,7-6-. The van der Waals surface area contributed by atoms with Crippen LogP contribution in [0.25, 0.3) is 0 Å². The lowest BCUT2D eigenvalue weighted by molar-refractivity contribution is -0.139. The molecule has 0 heterocycles. The Morgan fingerprint density at radius 2 is 1.92 bits per heavy atom. The average Bonchev–Trinajstić information content (AvgIpc) is 1.98. The second kappa shape index (κ2) is 5.54. The van der Waals surface area contributed by atoms with E-state index in [1.54, 1.807) is 32.1 Å². The van der Waals surface area contributed by atoms with Crippen LogP contribution in [0, 0.1) is 5.92 Å². The quantitative estimate of drug-likeness (QED) is 0.652. The van der Waals surface area contributed by atoms with Crippen molar-refractivity contribution in [2.24, 2.45) is 5.92 Å². The summed E-state index contributed by atoms with van der Waals surface area (Å²) in [6.45, 7) is 5.07. The van der Waals surface area contributed by atoms with E-state index in [1.165, 1.54) is 0 Å². The lowest BCUT2D eigenvalue weighted by Crippen LogP contribution is -2.05. The van der Waals surface area contributed by atoms with Crippen molar-refractivity contribution in [3.8, 4) is 0 Å². The summed E-state index contributed by atoms with van der Waals surface area (Å²) in [5, 5.41) is 17.5. The van der Waals surface area contributed by atoms with Crippen LogP contribution in [0.15, 0.2) is 23.8 Å². The highest BCUT2D eigenvalue weighted by Crippen LogP contribution is 2.03. The molecule has 0 rings (SSSR count). The number of aliphatic carboxylic acids is 1. The number of carboxylic acid groups (broad SMARTS) is 1. The molecular formula is C10H16O3. The summed E-state index contributed by atoms with van der Waals surface area (Å²) in [6.07, 6.45) is 4.46. The molecule has 0 aromatic rings. The largest absolute Gasteiger partial charge is 0.481 e. The topological polar surface area (TPSA) is 57.5 Å². The fourth-order valence-corrected chi connectivity index (χ4v) is 0.814. The summed E-state index contributed by atoms with van der Waals surface area (Å²) >= 11 is 0. The predicted octanol–water partition coefficient (Wildman–Crippen LogP) is 1.59. The van der Waals surface area contributed by atoms with Crippen molar-refractivity contribution in [2.75, 3.05) is 0 Å². The Balaban J connectivity index is 4.19. The predicted molar refractivity (Wildman–Crippen MR) is 51.4 cm³/mol. The van der Waals surface area contributed by atoms with Gasteiger partial charge in [0.25, 0.3) is 0 Å².